The van der Waals surface area contributed by atoms with Crippen molar-refractivity contribution in [3.8, 4) is 0 Å². The first-order valence-electron chi connectivity index (χ1n) is 8.72. The fraction of sp³-hybridized carbons (Fsp3) is 0.789. The lowest BCUT2D eigenvalue weighted by atomic mass is 9.64. The molecule has 1 heterocycles. The van der Waals surface area contributed by atoms with Gasteiger partial charge in [-0.15, -0.1) is 6.58 Å². The number of amides is 2. The third-order valence-electron chi connectivity index (χ3n) is 4.65. The first-order chi connectivity index (χ1) is 11.2. The number of carbonyl (C=O) groups is 2. The zero-order valence-corrected chi connectivity index (χ0v) is 16.7. The molecule has 2 amide bonds. The Bertz CT molecular complexity index is 533. The van der Waals surface area contributed by atoms with E-state index in [1.807, 2.05) is 20.8 Å². The van der Waals surface area contributed by atoms with Crippen molar-refractivity contribution in [3.63, 3.8) is 0 Å². The molecule has 1 rings (SSSR count). The number of aliphatic hydroxyl groups excluding tert-OH is 1. The lowest BCUT2D eigenvalue weighted by Crippen LogP contribution is -2.55. The molecule has 0 spiro atoms. The highest BCUT2D eigenvalue weighted by atomic mass is 16.6. The smallest absolute Gasteiger partial charge is 0.410 e. The highest BCUT2D eigenvalue weighted by molar-refractivity contribution is 5.86. The average molecular weight is 354 g/mol. The second kappa shape index (κ2) is 6.98. The molecule has 0 aromatic rings. The molecule has 144 valence electrons. The number of rotatable bonds is 4. The highest BCUT2D eigenvalue weighted by Gasteiger charge is 2.60. The van der Waals surface area contributed by atoms with Crippen LogP contribution < -0.4 is 5.32 Å². The van der Waals surface area contributed by atoms with Crippen molar-refractivity contribution in [3.05, 3.63) is 12.7 Å². The largest absolute Gasteiger partial charge is 0.444 e. The number of ether oxygens (including phenoxy) is 1. The van der Waals surface area contributed by atoms with Crippen molar-refractivity contribution >= 4 is 12.0 Å². The van der Waals surface area contributed by atoms with E-state index in [1.165, 1.54) is 4.90 Å². The van der Waals surface area contributed by atoms with Gasteiger partial charge >= 0.3 is 6.09 Å². The molecular weight excluding hydrogens is 320 g/mol. The summed E-state index contributed by atoms with van der Waals surface area (Å²) >= 11 is 0. The van der Waals surface area contributed by atoms with Crippen molar-refractivity contribution in [2.24, 2.45) is 10.8 Å². The number of nitrogens with one attached hydrogen (secondary N) is 1. The summed E-state index contributed by atoms with van der Waals surface area (Å²) in [6.45, 7) is 16.9. The van der Waals surface area contributed by atoms with E-state index in [1.54, 1.807) is 33.8 Å². The molecule has 2 unspecified atom stereocenters. The lowest BCUT2D eigenvalue weighted by molar-refractivity contribution is -0.138. The SMILES string of the molecule is C=CCC1(CO)CN(C(=O)OC(C)(C)C)CC1(C)C(=O)NC(C)(C)C. The zero-order chi connectivity index (χ0) is 19.7. The van der Waals surface area contributed by atoms with Crippen LogP contribution in [0, 0.1) is 10.8 Å². The molecule has 0 bridgehead atoms. The molecule has 0 radical (unpaired) electrons. The second-order valence-corrected chi connectivity index (χ2v) is 9.30. The molecule has 0 aliphatic carbocycles. The minimum atomic E-state index is -0.944. The molecule has 2 atom stereocenters. The van der Waals surface area contributed by atoms with Gasteiger partial charge in [-0.3, -0.25) is 4.79 Å². The van der Waals surface area contributed by atoms with Crippen LogP contribution in [0.25, 0.3) is 0 Å². The summed E-state index contributed by atoms with van der Waals surface area (Å²) in [5, 5.41) is 13.1. The summed E-state index contributed by atoms with van der Waals surface area (Å²) in [5.74, 6) is -0.179. The summed E-state index contributed by atoms with van der Waals surface area (Å²) in [6.07, 6.45) is 1.65. The number of hydrogen-bond acceptors (Lipinski definition) is 4. The molecule has 6 nitrogen and oxygen atoms in total. The second-order valence-electron chi connectivity index (χ2n) is 9.30. The summed E-state index contributed by atoms with van der Waals surface area (Å²) < 4.78 is 5.46. The van der Waals surface area contributed by atoms with Crippen LogP contribution in [-0.4, -0.2) is 52.8 Å². The van der Waals surface area contributed by atoms with Gasteiger partial charge < -0.3 is 20.1 Å². The molecule has 0 saturated carbocycles. The van der Waals surface area contributed by atoms with Crippen molar-refractivity contribution in [2.45, 2.75) is 66.0 Å². The fourth-order valence-corrected chi connectivity index (χ4v) is 3.25. The fourth-order valence-electron chi connectivity index (χ4n) is 3.25. The predicted octanol–water partition coefficient (Wildman–Crippen LogP) is 2.71. The average Bonchev–Trinajstić information content (AvgIpc) is 2.71. The number of allylic oxidation sites excluding steroid dienone is 1. The molecular formula is C19H34N2O4. The van der Waals surface area contributed by atoms with E-state index in [0.29, 0.717) is 6.42 Å². The first-order valence-corrected chi connectivity index (χ1v) is 8.72. The quantitative estimate of drug-likeness (QED) is 0.761. The maximum Gasteiger partial charge on any atom is 0.410 e. The summed E-state index contributed by atoms with van der Waals surface area (Å²) in [5.41, 5.74) is -2.76. The van der Waals surface area contributed by atoms with Crippen LogP contribution in [0.15, 0.2) is 12.7 Å². The van der Waals surface area contributed by atoms with E-state index in [4.69, 9.17) is 4.74 Å². The summed E-state index contributed by atoms with van der Waals surface area (Å²) in [4.78, 5) is 27.1. The van der Waals surface area contributed by atoms with Crippen molar-refractivity contribution in [1.29, 1.82) is 0 Å². The number of carbonyl (C=O) groups excluding carboxylic acids is 2. The third kappa shape index (κ3) is 4.75. The lowest BCUT2D eigenvalue weighted by Gasteiger charge is -2.40. The minimum absolute atomic E-state index is 0.179. The van der Waals surface area contributed by atoms with Crippen LogP contribution in [0.4, 0.5) is 4.79 Å². The Labute approximate surface area is 151 Å². The molecule has 0 aromatic heterocycles. The van der Waals surface area contributed by atoms with Gasteiger partial charge in [0.15, 0.2) is 0 Å². The molecule has 1 aliphatic heterocycles. The Morgan fingerprint density at radius 1 is 1.24 bits per heavy atom. The normalized spacial score (nSPS) is 27.1. The van der Waals surface area contributed by atoms with Gasteiger partial charge in [-0.05, 0) is 54.9 Å². The van der Waals surface area contributed by atoms with Crippen LogP contribution in [-0.2, 0) is 9.53 Å². The number of hydrogen-bond donors (Lipinski definition) is 2. The standard InChI is InChI=1S/C19H34N2O4/c1-9-10-19(13-22)12-21(15(24)25-17(5,6)7)11-18(19,8)14(23)20-16(2,3)4/h9,22H,1,10-13H2,2-8H3,(H,20,23). The van der Waals surface area contributed by atoms with E-state index >= 15 is 0 Å². The van der Waals surface area contributed by atoms with Gasteiger partial charge in [-0.2, -0.15) is 0 Å². The van der Waals surface area contributed by atoms with Gasteiger partial charge in [0.1, 0.15) is 5.60 Å². The maximum atomic E-state index is 13.1. The Morgan fingerprint density at radius 3 is 2.20 bits per heavy atom. The molecule has 2 N–H and O–H groups in total. The summed E-state index contributed by atoms with van der Waals surface area (Å²) in [6, 6.07) is 0. The van der Waals surface area contributed by atoms with E-state index in [2.05, 4.69) is 11.9 Å². The monoisotopic (exact) mass is 354 g/mol. The first kappa shape index (κ1) is 21.5. The Kier molecular flexibility index (Phi) is 6.00. The summed E-state index contributed by atoms with van der Waals surface area (Å²) in [7, 11) is 0. The van der Waals surface area contributed by atoms with E-state index < -0.39 is 28.1 Å². The molecule has 25 heavy (non-hydrogen) atoms. The van der Waals surface area contributed by atoms with Crippen LogP contribution in [0.3, 0.4) is 0 Å². The van der Waals surface area contributed by atoms with Crippen LogP contribution in [0.1, 0.15) is 54.9 Å². The molecule has 1 saturated heterocycles. The Morgan fingerprint density at radius 2 is 1.80 bits per heavy atom. The third-order valence-corrected chi connectivity index (χ3v) is 4.65. The van der Waals surface area contributed by atoms with E-state index in [9.17, 15) is 14.7 Å². The number of nitrogens with zero attached hydrogens (tertiary/aromatic N) is 1. The molecule has 6 heteroatoms. The number of likely N-dealkylation sites (tertiary alicyclic amines) is 1. The zero-order valence-electron chi connectivity index (χ0n) is 16.7. The van der Waals surface area contributed by atoms with Crippen molar-refractivity contribution in [1.82, 2.24) is 10.2 Å². The predicted molar refractivity (Wildman–Crippen MR) is 98.1 cm³/mol. The molecule has 0 aromatic carbocycles. The van der Waals surface area contributed by atoms with Crippen molar-refractivity contribution < 1.29 is 19.4 Å². The van der Waals surface area contributed by atoms with Crippen LogP contribution >= 0.6 is 0 Å². The van der Waals surface area contributed by atoms with Crippen molar-refractivity contribution in [2.75, 3.05) is 19.7 Å². The Balaban J connectivity index is 3.21. The highest BCUT2D eigenvalue weighted by Crippen LogP contribution is 2.49. The van der Waals surface area contributed by atoms with Gasteiger partial charge in [0, 0.05) is 24.0 Å². The van der Waals surface area contributed by atoms with Gasteiger partial charge in [0.25, 0.3) is 0 Å². The topological polar surface area (TPSA) is 78.9 Å². The molecule has 1 fully saturated rings. The van der Waals surface area contributed by atoms with Gasteiger partial charge in [0.2, 0.25) is 5.91 Å². The molecule has 1 aliphatic rings. The van der Waals surface area contributed by atoms with E-state index in [0.717, 1.165) is 0 Å². The Hall–Kier alpha value is -1.56. The van der Waals surface area contributed by atoms with Gasteiger partial charge in [-0.25, -0.2) is 4.79 Å². The van der Waals surface area contributed by atoms with Crippen LogP contribution in [0.2, 0.25) is 0 Å². The maximum absolute atomic E-state index is 13.1. The minimum Gasteiger partial charge on any atom is -0.444 e. The van der Waals surface area contributed by atoms with Gasteiger partial charge in [-0.1, -0.05) is 6.08 Å². The van der Waals surface area contributed by atoms with Crippen LogP contribution in [0.5, 0.6) is 0 Å². The van der Waals surface area contributed by atoms with Gasteiger partial charge in [0.05, 0.1) is 12.0 Å². The van der Waals surface area contributed by atoms with E-state index in [-0.39, 0.29) is 25.6 Å². The number of aliphatic hydroxyl groups is 1.